The van der Waals surface area contributed by atoms with Gasteiger partial charge in [-0.25, -0.2) is 0 Å². The Morgan fingerprint density at radius 1 is 0.309 bits per heavy atom. The van der Waals surface area contributed by atoms with Crippen LogP contribution in [0.1, 0.15) is 0 Å². The maximum Gasteiger partial charge on any atom is 0.0540 e. The van der Waals surface area contributed by atoms with E-state index in [0.29, 0.717) is 0 Å². The first-order chi connectivity index (χ1) is 27.3. The molecule has 0 aliphatic rings. The standard InChI is InChI=1S/C52H33NS2/c1-2-19-40-34(13-1)14-11-23-41(40)37-16-10-18-39(32-37)53(38-17-9-15-35(31-38)36-29-30-45-43-21-4-7-27-49(43)54-51(45)33-36)48-26-6-3-20-42(48)46-24-12-25-47-44-22-5-8-28-50(44)55-52(46)47/h1-33H. The van der Waals surface area contributed by atoms with Gasteiger partial charge in [0.2, 0.25) is 0 Å². The van der Waals surface area contributed by atoms with Crippen LogP contribution in [0.3, 0.4) is 0 Å². The Balaban J connectivity index is 1.12. The quantitative estimate of drug-likeness (QED) is 0.164. The van der Waals surface area contributed by atoms with Gasteiger partial charge in [0.15, 0.2) is 0 Å². The van der Waals surface area contributed by atoms with Crippen LogP contribution in [-0.4, -0.2) is 0 Å². The third-order valence-electron chi connectivity index (χ3n) is 10.9. The van der Waals surface area contributed by atoms with Crippen molar-refractivity contribution in [3.8, 4) is 33.4 Å². The minimum absolute atomic E-state index is 1.11. The van der Waals surface area contributed by atoms with Crippen molar-refractivity contribution in [1.82, 2.24) is 0 Å². The van der Waals surface area contributed by atoms with Crippen molar-refractivity contribution in [3.63, 3.8) is 0 Å². The normalized spacial score (nSPS) is 11.6. The Hall–Kier alpha value is -6.52. The van der Waals surface area contributed by atoms with E-state index in [1.54, 1.807) is 0 Å². The molecule has 9 aromatic carbocycles. The van der Waals surface area contributed by atoms with Gasteiger partial charge in [0, 0.05) is 62.8 Å². The zero-order valence-corrected chi connectivity index (χ0v) is 31.4. The number of nitrogens with zero attached hydrogens (tertiary/aromatic N) is 1. The molecule has 11 aromatic rings. The summed E-state index contributed by atoms with van der Waals surface area (Å²) in [7, 11) is 0. The summed E-state index contributed by atoms with van der Waals surface area (Å²) in [4.78, 5) is 2.46. The summed E-state index contributed by atoms with van der Waals surface area (Å²) in [6.07, 6.45) is 0. The third-order valence-corrected chi connectivity index (χ3v) is 13.2. The van der Waals surface area contributed by atoms with Gasteiger partial charge in [-0.1, -0.05) is 152 Å². The lowest BCUT2D eigenvalue weighted by Crippen LogP contribution is -2.11. The van der Waals surface area contributed by atoms with E-state index in [1.807, 2.05) is 22.7 Å². The van der Waals surface area contributed by atoms with E-state index in [0.717, 1.165) is 17.1 Å². The number of benzene rings is 9. The Morgan fingerprint density at radius 3 is 1.71 bits per heavy atom. The van der Waals surface area contributed by atoms with Crippen molar-refractivity contribution in [3.05, 3.63) is 200 Å². The molecule has 0 atom stereocenters. The topological polar surface area (TPSA) is 3.24 Å². The molecule has 3 heteroatoms. The van der Waals surface area contributed by atoms with E-state index < -0.39 is 0 Å². The molecular formula is C52H33NS2. The highest BCUT2D eigenvalue weighted by molar-refractivity contribution is 7.26. The molecule has 0 unspecified atom stereocenters. The number of fused-ring (bicyclic) bond motifs is 7. The molecule has 2 heterocycles. The largest absolute Gasteiger partial charge is 0.310 e. The molecule has 258 valence electrons. The Labute approximate surface area is 327 Å². The van der Waals surface area contributed by atoms with Gasteiger partial charge in [0.25, 0.3) is 0 Å². The summed E-state index contributed by atoms with van der Waals surface area (Å²) in [6.45, 7) is 0. The monoisotopic (exact) mass is 735 g/mol. The Kier molecular flexibility index (Phi) is 7.61. The van der Waals surface area contributed by atoms with Gasteiger partial charge in [-0.2, -0.15) is 0 Å². The summed E-state index contributed by atoms with van der Waals surface area (Å²) in [5, 5.41) is 7.75. The van der Waals surface area contributed by atoms with Crippen LogP contribution in [0.15, 0.2) is 200 Å². The van der Waals surface area contributed by atoms with Gasteiger partial charge in [0.1, 0.15) is 0 Å². The minimum atomic E-state index is 1.11. The van der Waals surface area contributed by atoms with Crippen molar-refractivity contribution in [2.24, 2.45) is 0 Å². The van der Waals surface area contributed by atoms with Crippen molar-refractivity contribution >= 4 is 90.9 Å². The SMILES string of the molecule is c1cc(-c2ccc3c(c2)sc2ccccc23)cc(N(c2cccc(-c3cccc4ccccc34)c2)c2ccccc2-c2cccc3c2sc2ccccc23)c1. The Bertz CT molecular complexity index is 3230. The summed E-state index contributed by atoms with van der Waals surface area (Å²) < 4.78 is 5.26. The highest BCUT2D eigenvalue weighted by Crippen LogP contribution is 2.47. The lowest BCUT2D eigenvalue weighted by Gasteiger charge is -2.29. The molecule has 1 nitrogen and oxygen atoms in total. The third kappa shape index (κ3) is 5.43. The molecule has 55 heavy (non-hydrogen) atoms. The van der Waals surface area contributed by atoms with Crippen LogP contribution in [0.2, 0.25) is 0 Å². The average Bonchev–Trinajstić information content (AvgIpc) is 3.82. The first kappa shape index (κ1) is 32.0. The fourth-order valence-electron chi connectivity index (χ4n) is 8.30. The summed E-state index contributed by atoms with van der Waals surface area (Å²) in [5.74, 6) is 0. The molecule has 0 spiro atoms. The van der Waals surface area contributed by atoms with E-state index >= 15 is 0 Å². The molecule has 0 aliphatic heterocycles. The van der Waals surface area contributed by atoms with Crippen molar-refractivity contribution in [1.29, 1.82) is 0 Å². The minimum Gasteiger partial charge on any atom is -0.310 e. The van der Waals surface area contributed by atoms with Crippen LogP contribution in [0.4, 0.5) is 17.1 Å². The molecule has 0 saturated carbocycles. The van der Waals surface area contributed by atoms with Crippen LogP contribution < -0.4 is 4.90 Å². The van der Waals surface area contributed by atoms with Crippen LogP contribution in [0, 0.1) is 0 Å². The molecule has 2 aromatic heterocycles. The van der Waals surface area contributed by atoms with Gasteiger partial charge in [-0.05, 0) is 81.6 Å². The molecule has 0 aliphatic carbocycles. The van der Waals surface area contributed by atoms with E-state index in [-0.39, 0.29) is 0 Å². The zero-order chi connectivity index (χ0) is 36.3. The van der Waals surface area contributed by atoms with Crippen LogP contribution in [0.5, 0.6) is 0 Å². The molecule has 0 amide bonds. The molecule has 0 saturated heterocycles. The second kappa shape index (κ2) is 13.1. The fourth-order valence-corrected chi connectivity index (χ4v) is 10.7. The second-order valence-electron chi connectivity index (χ2n) is 14.1. The fraction of sp³-hybridized carbons (Fsp3) is 0. The highest BCUT2D eigenvalue weighted by Gasteiger charge is 2.21. The Morgan fingerprint density at radius 2 is 0.855 bits per heavy atom. The molecule has 0 N–H and O–H groups in total. The van der Waals surface area contributed by atoms with Gasteiger partial charge >= 0.3 is 0 Å². The van der Waals surface area contributed by atoms with Crippen molar-refractivity contribution in [2.45, 2.75) is 0 Å². The van der Waals surface area contributed by atoms with Gasteiger partial charge < -0.3 is 4.90 Å². The number of anilines is 3. The first-order valence-corrected chi connectivity index (χ1v) is 20.3. The lowest BCUT2D eigenvalue weighted by atomic mass is 9.96. The van der Waals surface area contributed by atoms with E-state index in [9.17, 15) is 0 Å². The van der Waals surface area contributed by atoms with Gasteiger partial charge in [-0.3, -0.25) is 0 Å². The number of hydrogen-bond acceptors (Lipinski definition) is 3. The van der Waals surface area contributed by atoms with Crippen molar-refractivity contribution < 1.29 is 0 Å². The van der Waals surface area contributed by atoms with Gasteiger partial charge in [0.05, 0.1) is 5.69 Å². The molecule has 11 rings (SSSR count). The first-order valence-electron chi connectivity index (χ1n) is 18.7. The molecule has 0 bridgehead atoms. The smallest absolute Gasteiger partial charge is 0.0540 e. The number of thiophene rings is 2. The van der Waals surface area contributed by atoms with Crippen molar-refractivity contribution in [2.75, 3.05) is 4.90 Å². The highest BCUT2D eigenvalue weighted by atomic mass is 32.1. The number of hydrogen-bond donors (Lipinski definition) is 0. The number of rotatable bonds is 6. The van der Waals surface area contributed by atoms with E-state index in [4.69, 9.17) is 0 Å². The van der Waals surface area contributed by atoms with Crippen LogP contribution in [0.25, 0.3) is 84.5 Å². The van der Waals surface area contributed by atoms with E-state index in [1.165, 1.54) is 84.5 Å². The summed E-state index contributed by atoms with van der Waals surface area (Å²) >= 11 is 3.75. The number of para-hydroxylation sites is 1. The van der Waals surface area contributed by atoms with Crippen LogP contribution >= 0.6 is 22.7 Å². The maximum atomic E-state index is 2.46. The lowest BCUT2D eigenvalue weighted by molar-refractivity contribution is 1.28. The zero-order valence-electron chi connectivity index (χ0n) is 29.8. The van der Waals surface area contributed by atoms with Gasteiger partial charge in [-0.15, -0.1) is 22.7 Å². The second-order valence-corrected chi connectivity index (χ2v) is 16.2. The summed E-state index contributed by atoms with van der Waals surface area (Å²) in [5.41, 5.74) is 10.6. The molecule has 0 fully saturated rings. The van der Waals surface area contributed by atoms with Crippen LogP contribution in [-0.2, 0) is 0 Å². The molecular weight excluding hydrogens is 703 g/mol. The predicted octanol–water partition coefficient (Wildman–Crippen LogP) is 16.0. The average molecular weight is 736 g/mol. The van der Waals surface area contributed by atoms with E-state index in [2.05, 4.69) is 205 Å². The molecule has 0 radical (unpaired) electrons. The summed E-state index contributed by atoms with van der Waals surface area (Å²) in [6, 6.07) is 73.5. The maximum absolute atomic E-state index is 2.46. The predicted molar refractivity (Wildman–Crippen MR) is 241 cm³/mol.